The lowest BCUT2D eigenvalue weighted by Gasteiger charge is -2.24. The highest BCUT2D eigenvalue weighted by Crippen LogP contribution is 2.25. The van der Waals surface area contributed by atoms with Crippen LogP contribution in [0.3, 0.4) is 0 Å². The van der Waals surface area contributed by atoms with E-state index in [1.54, 1.807) is 13.0 Å². The summed E-state index contributed by atoms with van der Waals surface area (Å²) in [5.41, 5.74) is 4.80. The van der Waals surface area contributed by atoms with Crippen molar-refractivity contribution in [2.24, 2.45) is 5.73 Å². The van der Waals surface area contributed by atoms with Gasteiger partial charge in [0.25, 0.3) is 5.91 Å². The highest BCUT2D eigenvalue weighted by atomic mass is 16.4. The van der Waals surface area contributed by atoms with Gasteiger partial charge >= 0.3 is 11.6 Å². The van der Waals surface area contributed by atoms with Crippen LogP contribution in [0.15, 0.2) is 27.4 Å². The monoisotopic (exact) mass is 457 g/mol. The molecule has 1 aliphatic rings. The van der Waals surface area contributed by atoms with E-state index in [9.17, 15) is 28.8 Å². The van der Waals surface area contributed by atoms with Gasteiger partial charge in [-0.2, -0.15) is 0 Å². The number of carbonyl (C=O) groups is 5. The number of carboxylic acids is 1. The quantitative estimate of drug-likeness (QED) is 0.375. The summed E-state index contributed by atoms with van der Waals surface area (Å²) >= 11 is 0. The van der Waals surface area contributed by atoms with E-state index in [1.807, 2.05) is 0 Å². The fraction of sp³-hybridized carbons (Fsp3) is 0.364. The van der Waals surface area contributed by atoms with Crippen LogP contribution in [0.25, 0.3) is 11.0 Å². The number of nitrogens with one attached hydrogen (secondary N) is 1. The van der Waals surface area contributed by atoms with Gasteiger partial charge < -0.3 is 25.5 Å². The highest BCUT2D eigenvalue weighted by Gasteiger charge is 2.34. The third kappa shape index (κ3) is 5.08. The molecule has 3 amide bonds. The predicted octanol–water partition coefficient (Wildman–Crippen LogP) is 0.355. The highest BCUT2D eigenvalue weighted by molar-refractivity contribution is 6.05. The van der Waals surface area contributed by atoms with Gasteiger partial charge in [0.1, 0.15) is 11.1 Å². The number of aliphatic carboxylic acids is 1. The zero-order valence-electron chi connectivity index (χ0n) is 17.9. The Labute approximate surface area is 187 Å². The maximum absolute atomic E-state index is 13.1. The summed E-state index contributed by atoms with van der Waals surface area (Å²) in [6.07, 6.45) is 0.436. The molecular weight excluding hydrogens is 434 g/mol. The van der Waals surface area contributed by atoms with Crippen molar-refractivity contribution in [1.82, 2.24) is 10.2 Å². The number of Topliss-reactive ketones (excluding diaryl/α,β-unsaturated/α-hetero) is 1. The van der Waals surface area contributed by atoms with Gasteiger partial charge in [0, 0.05) is 23.9 Å². The second-order valence-corrected chi connectivity index (χ2v) is 7.74. The zero-order valence-corrected chi connectivity index (χ0v) is 17.9. The lowest BCUT2D eigenvalue weighted by molar-refractivity contribution is -0.139. The van der Waals surface area contributed by atoms with Gasteiger partial charge in [-0.3, -0.25) is 24.0 Å². The summed E-state index contributed by atoms with van der Waals surface area (Å²) in [6.45, 7) is 1.55. The van der Waals surface area contributed by atoms with Gasteiger partial charge in [-0.1, -0.05) is 12.1 Å². The van der Waals surface area contributed by atoms with E-state index in [0.29, 0.717) is 30.3 Å². The van der Waals surface area contributed by atoms with Crippen molar-refractivity contribution in [2.45, 2.75) is 38.6 Å². The number of ketones is 1. The number of nitrogens with two attached hydrogens (primary N) is 1. The molecule has 0 spiro atoms. The Morgan fingerprint density at radius 2 is 1.94 bits per heavy atom. The van der Waals surface area contributed by atoms with Crippen molar-refractivity contribution in [3.63, 3.8) is 0 Å². The van der Waals surface area contributed by atoms with Crippen molar-refractivity contribution in [1.29, 1.82) is 0 Å². The molecule has 4 N–H and O–H groups in total. The molecule has 0 radical (unpaired) electrons. The van der Waals surface area contributed by atoms with E-state index in [1.165, 1.54) is 17.0 Å². The number of primary amides is 1. The lowest BCUT2D eigenvalue weighted by Crippen LogP contribution is -2.45. The van der Waals surface area contributed by atoms with Gasteiger partial charge in [-0.25, -0.2) is 4.79 Å². The normalized spacial score (nSPS) is 15.4. The van der Waals surface area contributed by atoms with Crippen LogP contribution in [0.5, 0.6) is 0 Å². The first-order chi connectivity index (χ1) is 15.6. The number of aryl methyl sites for hydroxylation is 1. The van der Waals surface area contributed by atoms with E-state index < -0.39 is 35.4 Å². The SMILES string of the molecule is Cc1c(C(N)=O)c(=O)oc2cc(C(=O)[C@@H]3CCCN3C(=O)CNC(=O)CCC(=O)O)ccc12. The number of carboxylic acid groups (broad SMARTS) is 1. The second-order valence-electron chi connectivity index (χ2n) is 7.74. The Balaban J connectivity index is 1.76. The Hall–Kier alpha value is -4.02. The number of benzene rings is 1. The molecule has 174 valence electrons. The average Bonchev–Trinajstić information content (AvgIpc) is 3.24. The largest absolute Gasteiger partial charge is 0.481 e. The van der Waals surface area contributed by atoms with Crippen LogP contribution >= 0.6 is 0 Å². The fourth-order valence-electron chi connectivity index (χ4n) is 3.91. The summed E-state index contributed by atoms with van der Waals surface area (Å²) in [6, 6.07) is 3.73. The molecule has 0 aliphatic carbocycles. The Morgan fingerprint density at radius 3 is 2.61 bits per heavy atom. The van der Waals surface area contributed by atoms with Crippen LogP contribution in [-0.2, 0) is 14.4 Å². The van der Waals surface area contributed by atoms with Gasteiger partial charge in [-0.05, 0) is 31.4 Å². The summed E-state index contributed by atoms with van der Waals surface area (Å²) in [4.78, 5) is 72.9. The third-order valence-corrected chi connectivity index (χ3v) is 5.58. The van der Waals surface area contributed by atoms with Crippen LogP contribution in [-0.4, -0.2) is 58.6 Å². The number of carbonyl (C=O) groups excluding carboxylic acids is 4. The van der Waals surface area contributed by atoms with E-state index >= 15 is 0 Å². The molecule has 0 bridgehead atoms. The molecule has 2 heterocycles. The smallest absolute Gasteiger partial charge is 0.349 e. The molecular formula is C22H23N3O8. The van der Waals surface area contributed by atoms with Gasteiger partial charge in [0.2, 0.25) is 11.8 Å². The van der Waals surface area contributed by atoms with Crippen molar-refractivity contribution in [3.8, 4) is 0 Å². The van der Waals surface area contributed by atoms with E-state index in [4.69, 9.17) is 15.3 Å². The molecule has 33 heavy (non-hydrogen) atoms. The minimum Gasteiger partial charge on any atom is -0.481 e. The van der Waals surface area contributed by atoms with Crippen molar-refractivity contribution in [2.75, 3.05) is 13.1 Å². The molecule has 1 fully saturated rings. The maximum Gasteiger partial charge on any atom is 0.349 e. The summed E-state index contributed by atoms with van der Waals surface area (Å²) in [5, 5.41) is 11.4. The Morgan fingerprint density at radius 1 is 1.21 bits per heavy atom. The number of fused-ring (bicyclic) bond motifs is 1. The number of amides is 3. The maximum atomic E-state index is 13.1. The molecule has 2 aromatic rings. The van der Waals surface area contributed by atoms with Crippen molar-refractivity contribution >= 4 is 40.4 Å². The van der Waals surface area contributed by atoms with Gasteiger partial charge in [0.15, 0.2) is 5.78 Å². The summed E-state index contributed by atoms with van der Waals surface area (Å²) in [7, 11) is 0. The topological polar surface area (TPSA) is 177 Å². The molecule has 1 aromatic carbocycles. The molecule has 3 rings (SSSR count). The standard InChI is InChI=1S/C22H23N3O8/c1-11-13-5-4-12(9-15(13)33-22(32)19(11)21(23)31)20(30)14-3-2-8-25(14)17(27)10-24-16(26)6-7-18(28)29/h4-5,9,14H,2-3,6-8,10H2,1H3,(H2,23,31)(H,24,26)(H,28,29)/t14-/m0/s1. The van der Waals surface area contributed by atoms with Crippen LogP contribution in [0.2, 0.25) is 0 Å². The summed E-state index contributed by atoms with van der Waals surface area (Å²) in [5.74, 6) is -3.39. The average molecular weight is 457 g/mol. The van der Waals surface area contributed by atoms with Gasteiger partial charge in [-0.15, -0.1) is 0 Å². The fourth-order valence-corrected chi connectivity index (χ4v) is 3.91. The van der Waals surface area contributed by atoms with Crippen LogP contribution in [0.1, 0.15) is 52.0 Å². The summed E-state index contributed by atoms with van der Waals surface area (Å²) < 4.78 is 5.19. The molecule has 1 aromatic heterocycles. The molecule has 1 aliphatic heterocycles. The molecule has 11 heteroatoms. The van der Waals surface area contributed by atoms with Crippen LogP contribution < -0.4 is 16.7 Å². The molecule has 1 saturated heterocycles. The Kier molecular flexibility index (Phi) is 6.90. The number of hydrogen-bond acceptors (Lipinski definition) is 7. The lowest BCUT2D eigenvalue weighted by atomic mass is 9.98. The number of nitrogens with zero attached hydrogens (tertiary/aromatic N) is 1. The minimum absolute atomic E-state index is 0.120. The first kappa shape index (κ1) is 23.6. The number of rotatable bonds is 8. The van der Waals surface area contributed by atoms with Gasteiger partial charge in [0.05, 0.1) is 19.0 Å². The number of hydrogen-bond donors (Lipinski definition) is 3. The van der Waals surface area contributed by atoms with Crippen LogP contribution in [0, 0.1) is 6.92 Å². The molecule has 1 atom stereocenters. The van der Waals surface area contributed by atoms with E-state index in [0.717, 1.165) is 0 Å². The molecule has 0 saturated carbocycles. The first-order valence-electron chi connectivity index (χ1n) is 10.3. The Bertz CT molecular complexity index is 1220. The minimum atomic E-state index is -1.12. The second kappa shape index (κ2) is 9.63. The third-order valence-electron chi connectivity index (χ3n) is 5.58. The van der Waals surface area contributed by atoms with E-state index in [-0.39, 0.29) is 41.9 Å². The first-order valence-corrected chi connectivity index (χ1v) is 10.3. The van der Waals surface area contributed by atoms with Crippen LogP contribution in [0.4, 0.5) is 0 Å². The molecule has 0 unspecified atom stereocenters. The number of likely N-dealkylation sites (tertiary alicyclic amines) is 1. The van der Waals surface area contributed by atoms with Crippen molar-refractivity contribution < 1.29 is 33.5 Å². The van der Waals surface area contributed by atoms with E-state index in [2.05, 4.69) is 5.32 Å². The zero-order chi connectivity index (χ0) is 24.3. The van der Waals surface area contributed by atoms with Crippen molar-refractivity contribution in [3.05, 3.63) is 45.3 Å². The molecule has 11 nitrogen and oxygen atoms in total. The predicted molar refractivity (Wildman–Crippen MR) is 115 cm³/mol.